The normalized spacial score (nSPS) is 20.9. The number of rotatable bonds is 4. The fourth-order valence-corrected chi connectivity index (χ4v) is 25.6. The van der Waals surface area contributed by atoms with E-state index in [9.17, 15) is 0 Å². The Labute approximate surface area is 242 Å². The van der Waals surface area contributed by atoms with Gasteiger partial charge in [-0.2, -0.15) is 0 Å². The molecule has 2 aliphatic carbocycles. The zero-order chi connectivity index (χ0) is 27.8. The van der Waals surface area contributed by atoms with Gasteiger partial charge in [-0.3, -0.25) is 0 Å². The molecule has 0 bridgehead atoms. The molecule has 2 unspecified atom stereocenters. The molecule has 0 amide bonds. The van der Waals surface area contributed by atoms with Gasteiger partial charge in [0.1, 0.15) is 0 Å². The Morgan fingerprint density at radius 1 is 0.575 bits per heavy atom. The number of methoxy groups -OCH3 is 2. The molecule has 2 nitrogen and oxygen atoms in total. The molecule has 3 heteroatoms. The van der Waals surface area contributed by atoms with Gasteiger partial charge >= 0.3 is 244 Å². The van der Waals surface area contributed by atoms with Crippen molar-refractivity contribution in [3.05, 3.63) is 118 Å². The first-order valence-electron chi connectivity index (χ1n) is 14.2. The summed E-state index contributed by atoms with van der Waals surface area (Å²) in [5, 5.41) is 0. The zero-order valence-corrected chi connectivity index (χ0v) is 27.8. The fourth-order valence-electron chi connectivity index (χ4n) is 7.87. The fraction of sp³-hybridized carbons (Fsp3) is 0.243. The molecule has 4 aromatic carbocycles. The van der Waals surface area contributed by atoms with E-state index in [2.05, 4.69) is 120 Å². The average Bonchev–Trinajstić information content (AvgIpc) is 3.58. The second-order valence-corrected chi connectivity index (χ2v) is 29.8. The van der Waals surface area contributed by atoms with E-state index in [1.807, 2.05) is 0 Å². The monoisotopic (exact) mass is 692 g/mol. The van der Waals surface area contributed by atoms with Crippen molar-refractivity contribution in [2.24, 2.45) is 5.41 Å². The van der Waals surface area contributed by atoms with E-state index >= 15 is 0 Å². The van der Waals surface area contributed by atoms with E-state index in [0.29, 0.717) is 7.35 Å². The first-order chi connectivity index (χ1) is 19.3. The topological polar surface area (TPSA) is 18.5 Å². The number of fused-ring (bicyclic) bond motifs is 6. The molecular formula is C37H36HfO2. The van der Waals surface area contributed by atoms with Crippen LogP contribution in [0.25, 0.3) is 34.4 Å². The van der Waals surface area contributed by atoms with Gasteiger partial charge in [0.15, 0.2) is 0 Å². The van der Waals surface area contributed by atoms with Gasteiger partial charge in [0.05, 0.1) is 0 Å². The summed E-state index contributed by atoms with van der Waals surface area (Å²) in [6.07, 6.45) is 5.15. The Morgan fingerprint density at radius 3 is 1.35 bits per heavy atom. The van der Waals surface area contributed by atoms with Crippen molar-refractivity contribution in [3.8, 4) is 33.8 Å². The van der Waals surface area contributed by atoms with Crippen LogP contribution in [-0.4, -0.2) is 14.2 Å². The molecule has 1 heterocycles. The predicted molar refractivity (Wildman–Crippen MR) is 164 cm³/mol. The van der Waals surface area contributed by atoms with Crippen molar-refractivity contribution in [2.45, 2.75) is 30.6 Å². The summed E-state index contributed by atoms with van der Waals surface area (Å²) in [6, 6.07) is 31.1. The molecule has 7 rings (SSSR count). The van der Waals surface area contributed by atoms with Gasteiger partial charge in [0.25, 0.3) is 0 Å². The van der Waals surface area contributed by atoms with Crippen molar-refractivity contribution in [3.63, 3.8) is 0 Å². The van der Waals surface area contributed by atoms with Crippen LogP contribution in [0.15, 0.2) is 96.1 Å². The first kappa shape index (κ1) is 25.8. The number of hydrogen-bond donors (Lipinski definition) is 0. The van der Waals surface area contributed by atoms with Gasteiger partial charge in [-0.25, -0.2) is 0 Å². The van der Waals surface area contributed by atoms with E-state index in [0.717, 1.165) is 11.5 Å². The summed E-state index contributed by atoms with van der Waals surface area (Å²) in [4.78, 5) is 0. The number of hydrogen-bond acceptors (Lipinski definition) is 2. The maximum atomic E-state index is 5.43. The van der Waals surface area contributed by atoms with Crippen LogP contribution in [-0.2, 0) is 20.0 Å². The molecule has 3 aliphatic rings. The van der Waals surface area contributed by atoms with Crippen LogP contribution in [0.1, 0.15) is 43.5 Å². The summed E-state index contributed by atoms with van der Waals surface area (Å²) in [7, 11) is 3.46. The minimum atomic E-state index is -3.04. The van der Waals surface area contributed by atoms with Crippen LogP contribution in [0, 0.1) is 5.41 Å². The number of benzene rings is 4. The molecule has 200 valence electrons. The second-order valence-electron chi connectivity index (χ2n) is 12.6. The third kappa shape index (κ3) is 3.63. The summed E-state index contributed by atoms with van der Waals surface area (Å²) in [5.41, 5.74) is 14.4. The molecular weight excluding hydrogens is 655 g/mol. The SMILES string of the molecule is COc1ccc(-c2cccc3c2C=C2[CH]3[Hf]([CH3])([CH3])[CH]3C(=Cc4c(-c5ccc(OC)cc5)cccc43)C2(C)C)cc1. The summed E-state index contributed by atoms with van der Waals surface area (Å²) < 4.78 is 17.4. The first-order valence-corrected chi connectivity index (χ1v) is 25.6. The molecule has 2 atom stereocenters. The molecule has 1 saturated heterocycles. The van der Waals surface area contributed by atoms with Gasteiger partial charge < -0.3 is 0 Å². The molecule has 0 aromatic heterocycles. The quantitative estimate of drug-likeness (QED) is 0.199. The van der Waals surface area contributed by atoms with Gasteiger partial charge in [-0.1, -0.05) is 0 Å². The molecule has 4 aromatic rings. The Hall–Kier alpha value is -3.17. The Kier molecular flexibility index (Phi) is 5.91. The van der Waals surface area contributed by atoms with Crippen molar-refractivity contribution in [1.82, 2.24) is 0 Å². The van der Waals surface area contributed by atoms with E-state index in [1.165, 1.54) is 33.4 Å². The van der Waals surface area contributed by atoms with Crippen LogP contribution >= 0.6 is 0 Å². The van der Waals surface area contributed by atoms with E-state index in [-0.39, 0.29) is 5.41 Å². The van der Waals surface area contributed by atoms with Crippen LogP contribution in [0.4, 0.5) is 0 Å². The Morgan fingerprint density at radius 2 is 0.975 bits per heavy atom. The maximum absolute atomic E-state index is 5.43. The molecule has 0 saturated carbocycles. The zero-order valence-electron chi connectivity index (χ0n) is 24.2. The number of allylic oxidation sites excluding steroid dienone is 2. The predicted octanol–water partition coefficient (Wildman–Crippen LogP) is 9.90. The van der Waals surface area contributed by atoms with Crippen molar-refractivity contribution in [1.29, 1.82) is 0 Å². The third-order valence-corrected chi connectivity index (χ3v) is 25.0. The van der Waals surface area contributed by atoms with Gasteiger partial charge in [0, 0.05) is 0 Å². The van der Waals surface area contributed by atoms with Crippen LogP contribution in [0.2, 0.25) is 9.36 Å². The van der Waals surface area contributed by atoms with Crippen molar-refractivity contribution in [2.75, 3.05) is 14.2 Å². The van der Waals surface area contributed by atoms with Gasteiger partial charge in [-0.05, 0) is 0 Å². The molecule has 0 spiro atoms. The van der Waals surface area contributed by atoms with Crippen LogP contribution in [0.5, 0.6) is 11.5 Å². The Balaban J connectivity index is 1.38. The van der Waals surface area contributed by atoms with Crippen LogP contribution < -0.4 is 9.47 Å². The average molecular weight is 691 g/mol. The minimum absolute atomic E-state index is 0.00273. The summed E-state index contributed by atoms with van der Waals surface area (Å²) >= 11 is -3.04. The standard InChI is InChI=1S/C35H30O2.2CH3.Hf/c1-35(2,27-19-25-7-5-9-31(33(25)21-27)23-11-15-29(36-3)16-12-23)28-20-26-8-6-10-32(34(26)22-28)24-13-17-30(37-4)18-14-24;;;/h5-22H,1-4H3;2*1H3;. The summed E-state index contributed by atoms with van der Waals surface area (Å²) in [6.45, 7) is 4.96. The molecule has 0 N–H and O–H groups in total. The molecule has 0 radical (unpaired) electrons. The second kappa shape index (κ2) is 9.17. The van der Waals surface area contributed by atoms with Crippen LogP contribution in [0.3, 0.4) is 0 Å². The van der Waals surface area contributed by atoms with Gasteiger partial charge in [-0.15, -0.1) is 0 Å². The van der Waals surface area contributed by atoms with E-state index in [1.54, 1.807) is 36.5 Å². The van der Waals surface area contributed by atoms with Crippen molar-refractivity contribution >= 4 is 12.2 Å². The van der Waals surface area contributed by atoms with Crippen molar-refractivity contribution < 1.29 is 29.4 Å². The van der Waals surface area contributed by atoms with E-state index < -0.39 is 20.0 Å². The molecule has 1 aliphatic heterocycles. The van der Waals surface area contributed by atoms with Gasteiger partial charge in [0.2, 0.25) is 0 Å². The summed E-state index contributed by atoms with van der Waals surface area (Å²) in [5.74, 6) is 1.80. The Bertz CT molecular complexity index is 1580. The molecule has 1 fully saturated rings. The number of ether oxygens (including phenoxy) is 2. The van der Waals surface area contributed by atoms with E-state index in [4.69, 9.17) is 9.47 Å². The molecule has 40 heavy (non-hydrogen) atoms. The third-order valence-electron chi connectivity index (χ3n) is 9.86.